The molecule has 2 rings (SSSR count). The molecule has 1 aliphatic rings. The summed E-state index contributed by atoms with van der Waals surface area (Å²) in [7, 11) is 1.85. The Hall–Kier alpha value is -1.03. The summed E-state index contributed by atoms with van der Waals surface area (Å²) < 4.78 is 1.74. The minimum Gasteiger partial charge on any atom is -0.341 e. The van der Waals surface area contributed by atoms with Crippen LogP contribution in [0.25, 0.3) is 0 Å². The molecule has 0 aliphatic carbocycles. The summed E-state index contributed by atoms with van der Waals surface area (Å²) in [5, 5.41) is 3.52. The van der Waals surface area contributed by atoms with Gasteiger partial charge in [0.15, 0.2) is 0 Å². The maximum atomic E-state index is 12.1. The molecule has 1 aliphatic heterocycles. The second kappa shape index (κ2) is 4.45. The second-order valence-corrected chi connectivity index (χ2v) is 4.64. The third-order valence-corrected chi connectivity index (χ3v) is 3.60. The number of amides is 1. The highest BCUT2D eigenvalue weighted by Crippen LogP contribution is 2.26. The predicted molar refractivity (Wildman–Crippen MR) is 62.4 cm³/mol. The molecule has 1 unspecified atom stereocenters. The molecular formula is C11H16ClN3O. The lowest BCUT2D eigenvalue weighted by Crippen LogP contribution is -2.30. The van der Waals surface area contributed by atoms with Gasteiger partial charge in [0.2, 0.25) is 5.91 Å². The molecular weight excluding hydrogens is 226 g/mol. The summed E-state index contributed by atoms with van der Waals surface area (Å²) in [6.07, 6.45) is 3.85. The van der Waals surface area contributed by atoms with Crippen molar-refractivity contribution >= 4 is 17.5 Å². The number of alkyl halides is 1. The van der Waals surface area contributed by atoms with Gasteiger partial charge in [-0.25, -0.2) is 0 Å². The fourth-order valence-electron chi connectivity index (χ4n) is 2.00. The van der Waals surface area contributed by atoms with Crippen molar-refractivity contribution in [3.8, 4) is 0 Å². The van der Waals surface area contributed by atoms with Crippen LogP contribution in [0.2, 0.25) is 0 Å². The monoisotopic (exact) mass is 241 g/mol. The first-order valence-electron chi connectivity index (χ1n) is 5.52. The highest BCUT2D eigenvalue weighted by atomic mass is 35.5. The van der Waals surface area contributed by atoms with Gasteiger partial charge in [-0.15, -0.1) is 11.6 Å². The first-order valence-corrected chi connectivity index (χ1v) is 5.96. The van der Waals surface area contributed by atoms with Crippen LogP contribution in [0.1, 0.15) is 29.5 Å². The fraction of sp³-hybridized carbons (Fsp3) is 0.636. The third kappa shape index (κ3) is 1.94. The van der Waals surface area contributed by atoms with Gasteiger partial charge in [0, 0.05) is 31.4 Å². The topological polar surface area (TPSA) is 38.1 Å². The van der Waals surface area contributed by atoms with Crippen molar-refractivity contribution in [1.29, 1.82) is 0 Å². The molecule has 1 saturated heterocycles. The van der Waals surface area contributed by atoms with E-state index in [9.17, 15) is 4.79 Å². The Labute approximate surface area is 100 Å². The number of nitrogens with zero attached hydrogens (tertiary/aromatic N) is 3. The number of rotatable bonds is 2. The lowest BCUT2D eigenvalue weighted by atomic mass is 10.1. The second-order valence-electron chi connectivity index (χ2n) is 4.20. The van der Waals surface area contributed by atoms with Crippen LogP contribution in [-0.4, -0.2) is 33.7 Å². The van der Waals surface area contributed by atoms with Crippen LogP contribution >= 0.6 is 11.6 Å². The molecule has 0 N–H and O–H groups in total. The number of carbonyl (C=O) groups excluding carboxylic acids is 1. The van der Waals surface area contributed by atoms with Crippen LogP contribution in [0.5, 0.6) is 0 Å². The van der Waals surface area contributed by atoms with Gasteiger partial charge in [0.05, 0.1) is 6.20 Å². The number of aromatic nitrogens is 2. The number of hydrogen-bond donors (Lipinski definition) is 0. The molecule has 88 valence electrons. The van der Waals surface area contributed by atoms with Gasteiger partial charge in [-0.3, -0.25) is 9.48 Å². The van der Waals surface area contributed by atoms with Gasteiger partial charge in [0.25, 0.3) is 0 Å². The van der Waals surface area contributed by atoms with Crippen LogP contribution in [0.4, 0.5) is 0 Å². The number of halogens is 1. The van der Waals surface area contributed by atoms with E-state index in [4.69, 9.17) is 11.6 Å². The van der Waals surface area contributed by atoms with Crippen LogP contribution in [0, 0.1) is 6.92 Å². The summed E-state index contributed by atoms with van der Waals surface area (Å²) in [6, 6.07) is 0. The molecule has 0 saturated carbocycles. The van der Waals surface area contributed by atoms with E-state index in [-0.39, 0.29) is 5.91 Å². The molecule has 4 nitrogen and oxygen atoms in total. The van der Waals surface area contributed by atoms with Crippen molar-refractivity contribution < 1.29 is 4.79 Å². The zero-order chi connectivity index (χ0) is 11.7. The van der Waals surface area contributed by atoms with Gasteiger partial charge in [-0.1, -0.05) is 0 Å². The molecule has 0 spiro atoms. The zero-order valence-electron chi connectivity index (χ0n) is 9.61. The van der Waals surface area contributed by atoms with Crippen molar-refractivity contribution in [1.82, 2.24) is 14.7 Å². The quantitative estimate of drug-likeness (QED) is 0.739. The Morgan fingerprint density at radius 1 is 1.50 bits per heavy atom. The van der Waals surface area contributed by atoms with Crippen LogP contribution in [0.3, 0.4) is 0 Å². The molecule has 0 bridgehead atoms. The molecule has 0 radical (unpaired) electrons. The zero-order valence-corrected chi connectivity index (χ0v) is 10.4. The van der Waals surface area contributed by atoms with Gasteiger partial charge >= 0.3 is 0 Å². The average Bonchev–Trinajstić information content (AvgIpc) is 2.89. The van der Waals surface area contributed by atoms with Gasteiger partial charge in [0.1, 0.15) is 5.38 Å². The van der Waals surface area contributed by atoms with E-state index in [0.717, 1.165) is 37.2 Å². The van der Waals surface area contributed by atoms with Crippen molar-refractivity contribution in [3.63, 3.8) is 0 Å². The van der Waals surface area contributed by atoms with E-state index in [0.29, 0.717) is 0 Å². The standard InChI is InChI=1S/C11H16ClN3O/c1-8-9(7-13-14(8)2)10(12)11(16)15-5-3-4-6-15/h7,10H,3-6H2,1-2H3. The number of aryl methyl sites for hydroxylation is 1. The van der Waals surface area contributed by atoms with E-state index in [1.54, 1.807) is 10.9 Å². The van der Waals surface area contributed by atoms with E-state index in [1.165, 1.54) is 0 Å². The van der Waals surface area contributed by atoms with E-state index in [2.05, 4.69) is 5.10 Å². The molecule has 1 amide bonds. The maximum Gasteiger partial charge on any atom is 0.245 e. The summed E-state index contributed by atoms with van der Waals surface area (Å²) in [6.45, 7) is 3.59. The average molecular weight is 242 g/mol. The van der Waals surface area contributed by atoms with E-state index < -0.39 is 5.38 Å². The highest BCUT2D eigenvalue weighted by Gasteiger charge is 2.28. The van der Waals surface area contributed by atoms with Gasteiger partial charge < -0.3 is 4.90 Å². The smallest absolute Gasteiger partial charge is 0.245 e. The SMILES string of the molecule is Cc1c(C(Cl)C(=O)N2CCCC2)cnn1C. The van der Waals surface area contributed by atoms with Crippen LogP contribution in [0.15, 0.2) is 6.20 Å². The minimum absolute atomic E-state index is 0.00951. The maximum absolute atomic E-state index is 12.1. The van der Waals surface area contributed by atoms with E-state index >= 15 is 0 Å². The summed E-state index contributed by atoms with van der Waals surface area (Å²) in [5.41, 5.74) is 1.77. The number of hydrogen-bond acceptors (Lipinski definition) is 2. The number of carbonyl (C=O) groups is 1. The fourth-order valence-corrected chi connectivity index (χ4v) is 2.35. The molecule has 1 fully saturated rings. The molecule has 1 aromatic rings. The Bertz CT molecular complexity index is 396. The van der Waals surface area contributed by atoms with E-state index in [1.807, 2.05) is 18.9 Å². The van der Waals surface area contributed by atoms with Crippen LogP contribution < -0.4 is 0 Å². The molecule has 1 atom stereocenters. The highest BCUT2D eigenvalue weighted by molar-refractivity contribution is 6.30. The Morgan fingerprint density at radius 2 is 2.12 bits per heavy atom. The van der Waals surface area contributed by atoms with Crippen molar-refractivity contribution in [2.45, 2.75) is 25.1 Å². The largest absolute Gasteiger partial charge is 0.341 e. The Morgan fingerprint density at radius 3 is 2.62 bits per heavy atom. The molecule has 2 heterocycles. The molecule has 0 aromatic carbocycles. The third-order valence-electron chi connectivity index (χ3n) is 3.18. The summed E-state index contributed by atoms with van der Waals surface area (Å²) in [5.74, 6) is 0.00951. The van der Waals surface area contributed by atoms with Gasteiger partial charge in [-0.2, -0.15) is 5.10 Å². The van der Waals surface area contributed by atoms with Crippen molar-refractivity contribution in [2.24, 2.45) is 7.05 Å². The minimum atomic E-state index is -0.591. The van der Waals surface area contributed by atoms with Gasteiger partial charge in [-0.05, 0) is 19.8 Å². The predicted octanol–water partition coefficient (Wildman–Crippen LogP) is 1.63. The first kappa shape index (κ1) is 11.5. The molecule has 1 aromatic heterocycles. The summed E-state index contributed by atoms with van der Waals surface area (Å²) >= 11 is 6.21. The lowest BCUT2D eigenvalue weighted by Gasteiger charge is -2.18. The molecule has 5 heteroatoms. The summed E-state index contributed by atoms with van der Waals surface area (Å²) in [4.78, 5) is 13.9. The number of likely N-dealkylation sites (tertiary alicyclic amines) is 1. The Kier molecular flexibility index (Phi) is 3.19. The van der Waals surface area contributed by atoms with Crippen LogP contribution in [-0.2, 0) is 11.8 Å². The Balaban J connectivity index is 2.15. The molecule has 16 heavy (non-hydrogen) atoms. The lowest BCUT2D eigenvalue weighted by molar-refractivity contribution is -0.129. The first-order chi connectivity index (χ1) is 7.61. The normalized spacial score (nSPS) is 17.8. The van der Waals surface area contributed by atoms with Crippen molar-refractivity contribution in [2.75, 3.05) is 13.1 Å². The van der Waals surface area contributed by atoms with Crippen molar-refractivity contribution in [3.05, 3.63) is 17.5 Å².